The average Bonchev–Trinajstić information content (AvgIpc) is 2.72. The smallest absolute Gasteiger partial charge is 0.284 e. The molecule has 142 valence electrons. The van der Waals surface area contributed by atoms with E-state index in [1.54, 1.807) is 13.3 Å². The maximum atomic E-state index is 12.4. The Balaban J connectivity index is 1.42. The van der Waals surface area contributed by atoms with Crippen LogP contribution < -0.4 is 19.6 Å². The second-order valence-corrected chi connectivity index (χ2v) is 7.05. The molecule has 3 aromatic rings. The van der Waals surface area contributed by atoms with Gasteiger partial charge in [0.15, 0.2) is 11.5 Å². The molecule has 4 rings (SSSR count). The van der Waals surface area contributed by atoms with E-state index in [-0.39, 0.29) is 12.5 Å². The Kier molecular flexibility index (Phi) is 5.16. The van der Waals surface area contributed by atoms with Crippen molar-refractivity contribution in [1.82, 2.24) is 5.43 Å². The highest BCUT2D eigenvalue weighted by molar-refractivity contribution is 9.10. The number of rotatable bonds is 4. The van der Waals surface area contributed by atoms with Gasteiger partial charge >= 0.3 is 0 Å². The van der Waals surface area contributed by atoms with E-state index in [4.69, 9.17) is 14.2 Å². The Morgan fingerprint density at radius 3 is 2.64 bits per heavy atom. The van der Waals surface area contributed by atoms with Gasteiger partial charge in [-0.15, -0.1) is 0 Å². The number of nitrogens with zero attached hydrogens (tertiary/aromatic N) is 1. The largest absolute Gasteiger partial charge is 0.496 e. The second-order valence-electron chi connectivity index (χ2n) is 6.19. The summed E-state index contributed by atoms with van der Waals surface area (Å²) in [5.74, 6) is 1.53. The zero-order chi connectivity index (χ0) is 19.5. The first-order valence-corrected chi connectivity index (χ1v) is 9.42. The van der Waals surface area contributed by atoms with E-state index in [0.717, 1.165) is 26.6 Å². The van der Waals surface area contributed by atoms with Gasteiger partial charge in [-0.3, -0.25) is 4.79 Å². The third-order valence-corrected chi connectivity index (χ3v) is 4.95. The summed E-state index contributed by atoms with van der Waals surface area (Å²) >= 11 is 3.41. The third-order valence-electron chi connectivity index (χ3n) is 4.33. The topological polar surface area (TPSA) is 69.2 Å². The zero-order valence-corrected chi connectivity index (χ0v) is 16.6. The maximum Gasteiger partial charge on any atom is 0.284 e. The minimum atomic E-state index is -0.770. The average molecular weight is 441 g/mol. The van der Waals surface area contributed by atoms with Crippen molar-refractivity contribution in [2.45, 2.75) is 6.10 Å². The summed E-state index contributed by atoms with van der Waals surface area (Å²) < 4.78 is 17.5. The van der Waals surface area contributed by atoms with Gasteiger partial charge < -0.3 is 14.2 Å². The van der Waals surface area contributed by atoms with Crippen molar-refractivity contribution in [1.29, 1.82) is 0 Å². The van der Waals surface area contributed by atoms with Crippen LogP contribution in [0.15, 0.2) is 64.2 Å². The number of hydrogen-bond acceptors (Lipinski definition) is 5. The van der Waals surface area contributed by atoms with E-state index in [2.05, 4.69) is 26.5 Å². The van der Waals surface area contributed by atoms with E-state index in [0.29, 0.717) is 11.5 Å². The van der Waals surface area contributed by atoms with Crippen LogP contribution in [0.3, 0.4) is 0 Å². The van der Waals surface area contributed by atoms with E-state index in [9.17, 15) is 4.79 Å². The van der Waals surface area contributed by atoms with Gasteiger partial charge in [-0.1, -0.05) is 24.3 Å². The second kappa shape index (κ2) is 7.90. The van der Waals surface area contributed by atoms with E-state index in [1.807, 2.05) is 54.6 Å². The lowest BCUT2D eigenvalue weighted by Crippen LogP contribution is -2.42. The third kappa shape index (κ3) is 3.80. The molecule has 1 heterocycles. The van der Waals surface area contributed by atoms with Crippen LogP contribution in [0.4, 0.5) is 0 Å². The lowest BCUT2D eigenvalue weighted by Gasteiger charge is -2.25. The summed E-state index contributed by atoms with van der Waals surface area (Å²) in [5.41, 5.74) is 3.31. The van der Waals surface area contributed by atoms with Crippen LogP contribution in [0.25, 0.3) is 10.8 Å². The highest BCUT2D eigenvalue weighted by atomic mass is 79.9. The number of carbonyl (C=O) groups excluding carboxylic acids is 1. The van der Waals surface area contributed by atoms with Crippen molar-refractivity contribution in [2.75, 3.05) is 13.7 Å². The van der Waals surface area contributed by atoms with Gasteiger partial charge in [-0.2, -0.15) is 5.10 Å². The SMILES string of the molecule is COc1ccc(/C=N\NC(=O)C2COc3cc4ccccc4cc3O2)cc1Br. The van der Waals surface area contributed by atoms with Crippen molar-refractivity contribution < 1.29 is 19.0 Å². The van der Waals surface area contributed by atoms with Gasteiger partial charge in [0.2, 0.25) is 6.10 Å². The lowest BCUT2D eigenvalue weighted by molar-refractivity contribution is -0.130. The van der Waals surface area contributed by atoms with Crippen molar-refractivity contribution in [3.8, 4) is 17.2 Å². The van der Waals surface area contributed by atoms with Crippen LogP contribution in [0.2, 0.25) is 0 Å². The minimum Gasteiger partial charge on any atom is -0.496 e. The fourth-order valence-corrected chi connectivity index (χ4v) is 3.45. The molecule has 0 radical (unpaired) electrons. The number of amides is 1. The first kappa shape index (κ1) is 18.3. The zero-order valence-electron chi connectivity index (χ0n) is 15.0. The number of ether oxygens (including phenoxy) is 3. The Morgan fingerprint density at radius 1 is 1.18 bits per heavy atom. The molecule has 0 aromatic heterocycles. The number of fused-ring (bicyclic) bond motifs is 2. The predicted octanol–water partition coefficient (Wildman–Crippen LogP) is 3.90. The van der Waals surface area contributed by atoms with Crippen LogP contribution >= 0.6 is 15.9 Å². The molecular formula is C21H17BrN2O4. The number of carbonyl (C=O) groups is 1. The van der Waals surface area contributed by atoms with Gasteiger partial charge in [-0.05, 0) is 62.6 Å². The van der Waals surface area contributed by atoms with E-state index >= 15 is 0 Å². The minimum absolute atomic E-state index is 0.126. The molecule has 6 nitrogen and oxygen atoms in total. The molecule has 1 aliphatic rings. The molecule has 0 aliphatic carbocycles. The fourth-order valence-electron chi connectivity index (χ4n) is 2.89. The van der Waals surface area contributed by atoms with Crippen molar-refractivity contribution in [3.63, 3.8) is 0 Å². The van der Waals surface area contributed by atoms with Gasteiger partial charge in [0.1, 0.15) is 12.4 Å². The molecule has 1 atom stereocenters. The van der Waals surface area contributed by atoms with Crippen molar-refractivity contribution in [2.24, 2.45) is 5.10 Å². The van der Waals surface area contributed by atoms with Gasteiger partial charge in [0.25, 0.3) is 5.91 Å². The molecule has 1 unspecified atom stereocenters. The quantitative estimate of drug-likeness (QED) is 0.493. The molecule has 0 fully saturated rings. The Bertz CT molecular complexity index is 1070. The highest BCUT2D eigenvalue weighted by Crippen LogP contribution is 2.35. The summed E-state index contributed by atoms with van der Waals surface area (Å²) in [7, 11) is 1.60. The standard InChI is InChI=1S/C21H17BrN2O4/c1-26-17-7-6-13(8-16(17)22)11-23-24-21(25)20-12-27-18-9-14-4-2-3-5-15(14)10-19(18)28-20/h2-11,20H,12H2,1H3,(H,24,25)/b23-11-. The molecule has 0 saturated carbocycles. The molecule has 3 aromatic carbocycles. The molecule has 28 heavy (non-hydrogen) atoms. The van der Waals surface area contributed by atoms with Crippen LogP contribution in [0.1, 0.15) is 5.56 Å². The monoisotopic (exact) mass is 440 g/mol. The van der Waals surface area contributed by atoms with Gasteiger partial charge in [0, 0.05) is 0 Å². The normalized spacial score (nSPS) is 15.6. The van der Waals surface area contributed by atoms with Crippen LogP contribution in [-0.4, -0.2) is 31.9 Å². The fraction of sp³-hybridized carbons (Fsp3) is 0.143. The summed E-state index contributed by atoms with van der Waals surface area (Å²) in [6, 6.07) is 17.2. The lowest BCUT2D eigenvalue weighted by atomic mass is 10.1. The van der Waals surface area contributed by atoms with Gasteiger partial charge in [0.05, 0.1) is 17.8 Å². The number of halogens is 1. The van der Waals surface area contributed by atoms with Crippen molar-refractivity contribution in [3.05, 3.63) is 64.6 Å². The first-order chi connectivity index (χ1) is 13.6. The summed E-state index contributed by atoms with van der Waals surface area (Å²) in [6.45, 7) is 0.126. The summed E-state index contributed by atoms with van der Waals surface area (Å²) in [6.07, 6.45) is 0.779. The van der Waals surface area contributed by atoms with Gasteiger partial charge in [-0.25, -0.2) is 5.43 Å². The van der Waals surface area contributed by atoms with Crippen LogP contribution in [-0.2, 0) is 4.79 Å². The van der Waals surface area contributed by atoms with E-state index in [1.165, 1.54) is 0 Å². The van der Waals surface area contributed by atoms with Crippen LogP contribution in [0, 0.1) is 0 Å². The molecule has 1 N–H and O–H groups in total. The summed E-state index contributed by atoms with van der Waals surface area (Å²) in [5, 5.41) is 6.08. The molecule has 1 amide bonds. The molecule has 0 saturated heterocycles. The number of nitrogens with one attached hydrogen (secondary N) is 1. The Morgan fingerprint density at radius 2 is 1.93 bits per heavy atom. The van der Waals surface area contributed by atoms with E-state index < -0.39 is 6.10 Å². The molecule has 0 spiro atoms. The Labute approximate surface area is 170 Å². The van der Waals surface area contributed by atoms with Crippen molar-refractivity contribution >= 4 is 38.8 Å². The molecular weight excluding hydrogens is 424 g/mol. The van der Waals surface area contributed by atoms with Crippen LogP contribution in [0.5, 0.6) is 17.2 Å². The Hall–Kier alpha value is -3.06. The summed E-state index contributed by atoms with van der Waals surface area (Å²) in [4.78, 5) is 12.4. The first-order valence-electron chi connectivity index (χ1n) is 8.63. The number of hydrazone groups is 1. The molecule has 0 bridgehead atoms. The predicted molar refractivity (Wildman–Crippen MR) is 110 cm³/mol. The number of hydrogen-bond donors (Lipinski definition) is 1. The molecule has 1 aliphatic heterocycles. The number of methoxy groups -OCH3 is 1. The maximum absolute atomic E-state index is 12.4. The highest BCUT2D eigenvalue weighted by Gasteiger charge is 2.27. The number of benzene rings is 3. The molecule has 7 heteroatoms.